The molecule has 31 heavy (non-hydrogen) atoms. The number of rotatable bonds is 5. The van der Waals surface area contributed by atoms with Crippen LogP contribution in [0.3, 0.4) is 0 Å². The van der Waals surface area contributed by atoms with Crippen LogP contribution in [0.4, 0.5) is 11.5 Å². The van der Waals surface area contributed by atoms with E-state index in [1.54, 1.807) is 30.3 Å². The van der Waals surface area contributed by atoms with E-state index in [0.717, 1.165) is 9.77 Å². The maximum absolute atomic E-state index is 13.3. The number of aromatic nitrogens is 2. The lowest BCUT2D eigenvalue weighted by Crippen LogP contribution is -2.34. The van der Waals surface area contributed by atoms with Gasteiger partial charge in [0.25, 0.3) is 15.9 Å². The maximum atomic E-state index is 13.3. The Kier molecular flexibility index (Phi) is 5.10. The molecule has 0 bridgehead atoms. The highest BCUT2D eigenvalue weighted by Gasteiger charge is 2.40. The SMILES string of the molecule is CN(C)c1ccc(C(=O)Nc2nn(S(=O)(=O)c3ccccc3)c3c2CNC3(C)C)cc1. The van der Waals surface area contributed by atoms with Gasteiger partial charge in [0.2, 0.25) is 0 Å². The molecular formula is C22H25N5O3S. The predicted molar refractivity (Wildman–Crippen MR) is 120 cm³/mol. The van der Waals surface area contributed by atoms with Crippen molar-refractivity contribution in [1.82, 2.24) is 14.5 Å². The van der Waals surface area contributed by atoms with Gasteiger partial charge in [-0.05, 0) is 50.2 Å². The Labute approximate surface area is 181 Å². The lowest BCUT2D eigenvalue weighted by atomic mass is 10.0. The average Bonchev–Trinajstić information content (AvgIpc) is 3.27. The Hall–Kier alpha value is -3.17. The van der Waals surface area contributed by atoms with Crippen LogP contribution < -0.4 is 15.5 Å². The summed E-state index contributed by atoms with van der Waals surface area (Å²) in [5.41, 5.74) is 2.00. The van der Waals surface area contributed by atoms with Gasteiger partial charge in [-0.15, -0.1) is 5.10 Å². The van der Waals surface area contributed by atoms with Gasteiger partial charge in [-0.2, -0.15) is 12.5 Å². The summed E-state index contributed by atoms with van der Waals surface area (Å²) in [4.78, 5) is 14.9. The molecule has 1 amide bonds. The van der Waals surface area contributed by atoms with Gasteiger partial charge in [-0.1, -0.05) is 18.2 Å². The van der Waals surface area contributed by atoms with Gasteiger partial charge >= 0.3 is 0 Å². The minimum atomic E-state index is -3.92. The van der Waals surface area contributed by atoms with Gasteiger partial charge in [0.05, 0.1) is 16.1 Å². The van der Waals surface area contributed by atoms with Crippen molar-refractivity contribution in [2.24, 2.45) is 0 Å². The van der Waals surface area contributed by atoms with Crippen LogP contribution in [0.1, 0.15) is 35.5 Å². The Bertz CT molecular complexity index is 1230. The normalized spacial score (nSPS) is 14.8. The number of benzene rings is 2. The molecule has 0 saturated heterocycles. The smallest absolute Gasteiger partial charge is 0.283 e. The van der Waals surface area contributed by atoms with E-state index >= 15 is 0 Å². The molecule has 1 aliphatic rings. The van der Waals surface area contributed by atoms with E-state index in [4.69, 9.17) is 0 Å². The van der Waals surface area contributed by atoms with Crippen LogP contribution in [-0.2, 0) is 22.1 Å². The van der Waals surface area contributed by atoms with Crippen molar-refractivity contribution in [3.63, 3.8) is 0 Å². The zero-order chi connectivity index (χ0) is 22.4. The summed E-state index contributed by atoms with van der Waals surface area (Å²) in [5.74, 6) is -0.103. The molecular weight excluding hydrogens is 414 g/mol. The van der Waals surface area contributed by atoms with E-state index in [9.17, 15) is 13.2 Å². The molecule has 2 N–H and O–H groups in total. The van der Waals surface area contributed by atoms with Gasteiger partial charge in [0.1, 0.15) is 0 Å². The summed E-state index contributed by atoms with van der Waals surface area (Å²) in [6, 6.07) is 15.3. The summed E-state index contributed by atoms with van der Waals surface area (Å²) in [6.45, 7) is 4.19. The predicted octanol–water partition coefficient (Wildman–Crippen LogP) is 2.78. The van der Waals surface area contributed by atoms with E-state index in [1.165, 1.54) is 12.1 Å². The van der Waals surface area contributed by atoms with Crippen molar-refractivity contribution >= 4 is 27.4 Å². The molecule has 1 aliphatic heterocycles. The molecule has 0 unspecified atom stereocenters. The fraction of sp³-hybridized carbons (Fsp3) is 0.273. The number of carbonyl (C=O) groups excluding carboxylic acids is 1. The first-order valence-corrected chi connectivity index (χ1v) is 11.3. The number of fused-ring (bicyclic) bond motifs is 1. The first-order chi connectivity index (χ1) is 14.6. The van der Waals surface area contributed by atoms with Crippen molar-refractivity contribution < 1.29 is 13.2 Å². The minimum Gasteiger partial charge on any atom is -0.378 e. The second-order valence-corrected chi connectivity index (χ2v) is 9.98. The van der Waals surface area contributed by atoms with Crippen molar-refractivity contribution in [2.45, 2.75) is 30.8 Å². The van der Waals surface area contributed by atoms with Crippen LogP contribution in [0.5, 0.6) is 0 Å². The Morgan fingerprint density at radius 2 is 1.74 bits per heavy atom. The molecule has 0 atom stereocenters. The lowest BCUT2D eigenvalue weighted by Gasteiger charge is -2.21. The number of anilines is 2. The molecule has 4 rings (SSSR count). The van der Waals surface area contributed by atoms with E-state index < -0.39 is 15.6 Å². The highest BCUT2D eigenvalue weighted by atomic mass is 32.2. The van der Waals surface area contributed by atoms with Gasteiger partial charge in [0.15, 0.2) is 5.82 Å². The van der Waals surface area contributed by atoms with Crippen molar-refractivity contribution in [1.29, 1.82) is 0 Å². The minimum absolute atomic E-state index is 0.139. The topological polar surface area (TPSA) is 96.3 Å². The zero-order valence-electron chi connectivity index (χ0n) is 17.9. The molecule has 0 saturated carbocycles. The summed E-state index contributed by atoms with van der Waals surface area (Å²) >= 11 is 0. The fourth-order valence-corrected chi connectivity index (χ4v) is 5.13. The quantitative estimate of drug-likeness (QED) is 0.635. The van der Waals surface area contributed by atoms with Gasteiger partial charge in [-0.25, -0.2) is 0 Å². The van der Waals surface area contributed by atoms with Gasteiger partial charge < -0.3 is 15.5 Å². The molecule has 162 valence electrons. The molecule has 3 aromatic rings. The summed E-state index contributed by atoms with van der Waals surface area (Å²) < 4.78 is 27.7. The van der Waals surface area contributed by atoms with Gasteiger partial charge in [0, 0.05) is 37.5 Å². The molecule has 1 aromatic heterocycles. The highest BCUT2D eigenvalue weighted by Crippen LogP contribution is 2.37. The monoisotopic (exact) mass is 439 g/mol. The van der Waals surface area contributed by atoms with Crippen LogP contribution in [0.25, 0.3) is 0 Å². The van der Waals surface area contributed by atoms with Crippen LogP contribution in [-0.4, -0.2) is 37.6 Å². The number of amides is 1. The van der Waals surface area contributed by atoms with Crippen molar-refractivity contribution in [2.75, 3.05) is 24.3 Å². The number of nitrogens with one attached hydrogen (secondary N) is 2. The van der Waals surface area contributed by atoms with Crippen LogP contribution >= 0.6 is 0 Å². The van der Waals surface area contributed by atoms with E-state index in [0.29, 0.717) is 23.4 Å². The first kappa shape index (κ1) is 21.1. The van der Waals surface area contributed by atoms with E-state index in [1.807, 2.05) is 45.0 Å². The molecule has 2 heterocycles. The van der Waals surface area contributed by atoms with Crippen LogP contribution in [0, 0.1) is 0 Å². The molecule has 8 nitrogen and oxygen atoms in total. The fourth-order valence-electron chi connectivity index (χ4n) is 3.66. The average molecular weight is 440 g/mol. The second kappa shape index (κ2) is 7.51. The number of hydrogen-bond donors (Lipinski definition) is 2. The van der Waals surface area contributed by atoms with Crippen molar-refractivity contribution in [3.8, 4) is 0 Å². The first-order valence-electron chi connectivity index (χ1n) is 9.88. The summed E-state index contributed by atoms with van der Waals surface area (Å²) in [6.07, 6.45) is 0. The van der Waals surface area contributed by atoms with Crippen LogP contribution in [0.2, 0.25) is 0 Å². The molecule has 0 radical (unpaired) electrons. The number of carbonyl (C=O) groups is 1. The standard InChI is InChI=1S/C22H25N5O3S/c1-22(2)19-18(14-23-22)20(24-21(28)15-10-12-16(13-11-15)26(3)4)25-27(19)31(29,30)17-8-6-5-7-9-17/h5-13,23H,14H2,1-4H3,(H,24,25,28). The Balaban J connectivity index is 1.74. The third kappa shape index (κ3) is 3.70. The molecule has 9 heteroatoms. The zero-order valence-corrected chi connectivity index (χ0v) is 18.7. The Morgan fingerprint density at radius 1 is 1.10 bits per heavy atom. The maximum Gasteiger partial charge on any atom is 0.283 e. The number of hydrogen-bond acceptors (Lipinski definition) is 6. The van der Waals surface area contributed by atoms with E-state index in [2.05, 4.69) is 15.7 Å². The summed E-state index contributed by atoms with van der Waals surface area (Å²) in [7, 11) is -0.0742. The lowest BCUT2D eigenvalue weighted by molar-refractivity contribution is 0.102. The van der Waals surface area contributed by atoms with E-state index in [-0.39, 0.29) is 16.6 Å². The largest absolute Gasteiger partial charge is 0.378 e. The molecule has 0 aliphatic carbocycles. The third-order valence-electron chi connectivity index (χ3n) is 5.40. The number of nitrogens with zero attached hydrogens (tertiary/aromatic N) is 3. The van der Waals surface area contributed by atoms with Crippen LogP contribution in [0.15, 0.2) is 59.5 Å². The summed E-state index contributed by atoms with van der Waals surface area (Å²) in [5, 5.41) is 10.4. The molecule has 0 spiro atoms. The highest BCUT2D eigenvalue weighted by molar-refractivity contribution is 7.89. The second-order valence-electron chi connectivity index (χ2n) is 8.21. The Morgan fingerprint density at radius 3 is 2.35 bits per heavy atom. The van der Waals surface area contributed by atoms with Crippen molar-refractivity contribution in [3.05, 3.63) is 71.4 Å². The molecule has 2 aromatic carbocycles. The molecule has 0 fully saturated rings. The third-order valence-corrected chi connectivity index (χ3v) is 6.99. The van der Waals surface area contributed by atoms with Gasteiger partial charge in [-0.3, -0.25) is 4.79 Å².